The minimum Gasteiger partial charge on any atom is -0.494 e. The molecule has 24 heavy (non-hydrogen) atoms. The van der Waals surface area contributed by atoms with Crippen molar-refractivity contribution in [2.45, 2.75) is 43.7 Å². The molecule has 7 nitrogen and oxygen atoms in total. The summed E-state index contributed by atoms with van der Waals surface area (Å²) in [5, 5.41) is 29.2. The van der Waals surface area contributed by atoms with Crippen LogP contribution in [-0.4, -0.2) is 59.9 Å². The maximum Gasteiger partial charge on any atom is 0.305 e. The highest BCUT2D eigenvalue weighted by atomic mass is 16.5. The van der Waals surface area contributed by atoms with E-state index in [0.717, 1.165) is 0 Å². The standard InChI is InChI=1S/C17H24O7/c1-22-15(20)3-2-8-23-12-6-4-11(5-7-12)17-16(21)14(19)9-13(10-18)24-17/h4-7,13-14,16-19,21H,2-3,8-10H2,1H3/t13-,14-,16-,17?/m0/s1. The van der Waals surface area contributed by atoms with Crippen LogP contribution in [-0.2, 0) is 14.3 Å². The van der Waals surface area contributed by atoms with Crippen molar-refractivity contribution in [3.63, 3.8) is 0 Å². The van der Waals surface area contributed by atoms with E-state index in [1.807, 2.05) is 0 Å². The number of hydrogen-bond acceptors (Lipinski definition) is 7. The summed E-state index contributed by atoms with van der Waals surface area (Å²) in [6.45, 7) is 0.184. The number of rotatable bonds is 7. The lowest BCUT2D eigenvalue weighted by atomic mass is 9.93. The first-order valence-corrected chi connectivity index (χ1v) is 7.97. The van der Waals surface area contributed by atoms with Gasteiger partial charge >= 0.3 is 5.97 Å². The van der Waals surface area contributed by atoms with E-state index in [9.17, 15) is 20.1 Å². The molecular weight excluding hydrogens is 316 g/mol. The molecule has 0 saturated carbocycles. The molecule has 0 bridgehead atoms. The molecule has 0 aliphatic carbocycles. The van der Waals surface area contributed by atoms with E-state index in [2.05, 4.69) is 4.74 Å². The molecule has 0 aromatic heterocycles. The van der Waals surface area contributed by atoms with Crippen LogP contribution < -0.4 is 4.74 Å². The third-order valence-corrected chi connectivity index (χ3v) is 3.98. The average Bonchev–Trinajstić information content (AvgIpc) is 2.61. The summed E-state index contributed by atoms with van der Waals surface area (Å²) in [5.41, 5.74) is 0.696. The Morgan fingerprint density at radius 3 is 2.62 bits per heavy atom. The first-order chi connectivity index (χ1) is 11.5. The van der Waals surface area contributed by atoms with Crippen LogP contribution in [0.3, 0.4) is 0 Å². The molecular formula is C17H24O7. The van der Waals surface area contributed by atoms with Gasteiger partial charge in [0.2, 0.25) is 0 Å². The average molecular weight is 340 g/mol. The van der Waals surface area contributed by atoms with Crippen molar-refractivity contribution >= 4 is 5.97 Å². The molecule has 0 spiro atoms. The maximum atomic E-state index is 11.0. The van der Waals surface area contributed by atoms with Gasteiger partial charge in [-0.25, -0.2) is 0 Å². The third-order valence-electron chi connectivity index (χ3n) is 3.98. The molecule has 1 heterocycles. The van der Waals surface area contributed by atoms with Gasteiger partial charge in [0.25, 0.3) is 0 Å². The molecule has 1 aliphatic rings. The van der Waals surface area contributed by atoms with Crippen LogP contribution in [0.4, 0.5) is 0 Å². The van der Waals surface area contributed by atoms with Crippen LogP contribution >= 0.6 is 0 Å². The smallest absolute Gasteiger partial charge is 0.305 e. The summed E-state index contributed by atoms with van der Waals surface area (Å²) in [4.78, 5) is 11.0. The topological polar surface area (TPSA) is 105 Å². The first kappa shape index (κ1) is 18.7. The summed E-state index contributed by atoms with van der Waals surface area (Å²) in [6, 6.07) is 6.96. The number of aliphatic hydroxyl groups is 3. The molecule has 0 radical (unpaired) electrons. The molecule has 134 valence electrons. The van der Waals surface area contributed by atoms with E-state index in [1.54, 1.807) is 24.3 Å². The van der Waals surface area contributed by atoms with Gasteiger partial charge in [-0.3, -0.25) is 4.79 Å². The van der Waals surface area contributed by atoms with Gasteiger partial charge in [0.05, 0.1) is 32.5 Å². The Labute approximate surface area is 140 Å². The molecule has 4 atom stereocenters. The Balaban J connectivity index is 1.89. The van der Waals surface area contributed by atoms with Crippen LogP contribution in [0.1, 0.15) is 30.9 Å². The van der Waals surface area contributed by atoms with Gasteiger partial charge in [0, 0.05) is 12.8 Å². The molecule has 3 N–H and O–H groups in total. The number of esters is 1. The Morgan fingerprint density at radius 1 is 1.29 bits per heavy atom. The second-order valence-corrected chi connectivity index (χ2v) is 5.75. The van der Waals surface area contributed by atoms with E-state index in [4.69, 9.17) is 9.47 Å². The van der Waals surface area contributed by atoms with Gasteiger partial charge in [0.15, 0.2) is 0 Å². The Hall–Kier alpha value is -1.67. The predicted octanol–water partition coefficient (Wildman–Crippen LogP) is 0.563. The number of methoxy groups -OCH3 is 1. The number of benzene rings is 1. The minimum absolute atomic E-state index is 0.204. The number of carbonyl (C=O) groups excluding carboxylic acids is 1. The fraction of sp³-hybridized carbons (Fsp3) is 0.588. The Bertz CT molecular complexity index is 516. The lowest BCUT2D eigenvalue weighted by Crippen LogP contribution is -2.44. The van der Waals surface area contributed by atoms with Crippen molar-refractivity contribution in [1.29, 1.82) is 0 Å². The Kier molecular flexibility index (Phi) is 6.99. The zero-order valence-corrected chi connectivity index (χ0v) is 13.6. The van der Waals surface area contributed by atoms with Gasteiger partial charge in [-0.15, -0.1) is 0 Å². The fourth-order valence-electron chi connectivity index (χ4n) is 2.61. The highest BCUT2D eigenvalue weighted by Crippen LogP contribution is 2.32. The lowest BCUT2D eigenvalue weighted by Gasteiger charge is -2.36. The van der Waals surface area contributed by atoms with Gasteiger partial charge in [-0.05, 0) is 24.1 Å². The highest BCUT2D eigenvalue weighted by Gasteiger charge is 2.37. The molecule has 0 amide bonds. The molecule has 1 fully saturated rings. The largest absolute Gasteiger partial charge is 0.494 e. The maximum absolute atomic E-state index is 11.0. The first-order valence-electron chi connectivity index (χ1n) is 7.97. The van der Waals surface area contributed by atoms with Crippen molar-refractivity contribution in [2.24, 2.45) is 0 Å². The van der Waals surface area contributed by atoms with Crippen molar-refractivity contribution in [2.75, 3.05) is 20.3 Å². The van der Waals surface area contributed by atoms with E-state index >= 15 is 0 Å². The highest BCUT2D eigenvalue weighted by molar-refractivity contribution is 5.69. The second kappa shape index (κ2) is 8.98. The molecule has 1 aliphatic heterocycles. The zero-order chi connectivity index (χ0) is 17.5. The second-order valence-electron chi connectivity index (χ2n) is 5.75. The number of carbonyl (C=O) groups is 1. The normalized spacial score (nSPS) is 26.8. The summed E-state index contributed by atoms with van der Waals surface area (Å²) in [7, 11) is 1.35. The number of ether oxygens (including phenoxy) is 3. The monoisotopic (exact) mass is 340 g/mol. The van der Waals surface area contributed by atoms with E-state index < -0.39 is 24.4 Å². The van der Waals surface area contributed by atoms with Crippen LogP contribution in [0.15, 0.2) is 24.3 Å². The van der Waals surface area contributed by atoms with Gasteiger partial charge < -0.3 is 29.5 Å². The SMILES string of the molecule is COC(=O)CCCOc1ccc(C2O[C@H](CO)C[C@H](O)[C@@H]2O)cc1. The van der Waals surface area contributed by atoms with Crippen molar-refractivity contribution < 1.29 is 34.3 Å². The van der Waals surface area contributed by atoms with Gasteiger partial charge in [-0.1, -0.05) is 12.1 Å². The van der Waals surface area contributed by atoms with E-state index in [-0.39, 0.29) is 19.0 Å². The molecule has 2 rings (SSSR count). The summed E-state index contributed by atoms with van der Waals surface area (Å²) < 4.78 is 15.7. The molecule has 1 saturated heterocycles. The molecule has 1 unspecified atom stereocenters. The van der Waals surface area contributed by atoms with Crippen LogP contribution in [0, 0.1) is 0 Å². The summed E-state index contributed by atoms with van der Waals surface area (Å²) in [5.74, 6) is 0.363. The Morgan fingerprint density at radius 2 is 2.00 bits per heavy atom. The third kappa shape index (κ3) is 4.91. The van der Waals surface area contributed by atoms with E-state index in [0.29, 0.717) is 30.8 Å². The van der Waals surface area contributed by atoms with Crippen LogP contribution in [0.25, 0.3) is 0 Å². The van der Waals surface area contributed by atoms with Crippen molar-refractivity contribution in [3.05, 3.63) is 29.8 Å². The van der Waals surface area contributed by atoms with Gasteiger partial charge in [-0.2, -0.15) is 0 Å². The van der Waals surface area contributed by atoms with Gasteiger partial charge in [0.1, 0.15) is 18.0 Å². The summed E-state index contributed by atoms with van der Waals surface area (Å²) in [6.07, 6.45) is -2.10. The fourth-order valence-corrected chi connectivity index (χ4v) is 2.61. The lowest BCUT2D eigenvalue weighted by molar-refractivity contribution is -0.179. The molecule has 1 aromatic rings. The van der Waals surface area contributed by atoms with Crippen LogP contribution in [0.2, 0.25) is 0 Å². The quantitative estimate of drug-likeness (QED) is 0.492. The minimum atomic E-state index is -1.04. The zero-order valence-electron chi connectivity index (χ0n) is 13.6. The number of aliphatic hydroxyl groups excluding tert-OH is 3. The molecule has 7 heteroatoms. The van der Waals surface area contributed by atoms with Crippen LogP contribution in [0.5, 0.6) is 5.75 Å². The number of hydrogen-bond donors (Lipinski definition) is 3. The summed E-state index contributed by atoms with van der Waals surface area (Å²) >= 11 is 0. The van der Waals surface area contributed by atoms with E-state index in [1.165, 1.54) is 7.11 Å². The van der Waals surface area contributed by atoms with Crippen molar-refractivity contribution in [3.8, 4) is 5.75 Å². The molecule has 1 aromatic carbocycles. The van der Waals surface area contributed by atoms with Crippen molar-refractivity contribution in [1.82, 2.24) is 0 Å². The predicted molar refractivity (Wildman–Crippen MR) is 84.5 cm³/mol.